The van der Waals surface area contributed by atoms with E-state index >= 15 is 0 Å². The zero-order valence-corrected chi connectivity index (χ0v) is 15.3. The first-order valence-electron chi connectivity index (χ1n) is 5.89. The predicted molar refractivity (Wildman–Crippen MR) is 85.5 cm³/mol. The molecule has 0 saturated heterocycles. The molecule has 3 heteroatoms. The van der Waals surface area contributed by atoms with Crippen LogP contribution in [0.4, 0.5) is 5.69 Å². The quantitative estimate of drug-likeness (QED) is 0.611. The Bertz CT molecular complexity index is 285. The fourth-order valence-corrected chi connectivity index (χ4v) is 0.621. The van der Waals surface area contributed by atoms with Crippen LogP contribution in [0.3, 0.4) is 0 Å². The van der Waals surface area contributed by atoms with Crippen LogP contribution >= 0.6 is 0 Å². The van der Waals surface area contributed by atoms with Gasteiger partial charge in [-0.1, -0.05) is 5.69 Å². The molecule has 0 aliphatic carbocycles. The molecule has 0 saturated carbocycles. The van der Waals surface area contributed by atoms with Crippen LogP contribution in [0.15, 0.2) is 24.3 Å². The van der Waals surface area contributed by atoms with Crippen molar-refractivity contribution in [3.63, 3.8) is 0 Å². The van der Waals surface area contributed by atoms with Gasteiger partial charge in [0, 0.05) is 0 Å². The van der Waals surface area contributed by atoms with E-state index in [1.165, 1.54) is 11.8 Å². The number of anilines is 1. The molecule has 1 aromatic rings. The number of benzene rings is 1. The zero-order chi connectivity index (χ0) is 14.6. The van der Waals surface area contributed by atoms with Crippen LogP contribution < -0.4 is 5.32 Å². The molecule has 1 rings (SSSR count). The Labute approximate surface area is 149 Å². The summed E-state index contributed by atoms with van der Waals surface area (Å²) in [5.74, 6) is 2.52. The molecule has 0 aromatic heterocycles. The minimum atomic E-state index is -0.317. The normalized spacial score (nSPS) is 8.42. The van der Waals surface area contributed by atoms with Crippen LogP contribution in [0.2, 0.25) is 0 Å². The minimum Gasteiger partial charge on any atom is -0.375 e. The SMILES string of the molecule is C[C-](C)C.C[C-](C)C.[CH2-]C(=O)Nc1[c-]cccc1.[Ca+2]. The van der Waals surface area contributed by atoms with Crippen molar-refractivity contribution in [1.29, 1.82) is 0 Å². The predicted octanol–water partition coefficient (Wildman–Crippen LogP) is 4.12. The van der Waals surface area contributed by atoms with Gasteiger partial charge in [-0.2, -0.15) is 65.8 Å². The number of amides is 1. The van der Waals surface area contributed by atoms with E-state index < -0.39 is 0 Å². The first-order valence-corrected chi connectivity index (χ1v) is 5.89. The molecule has 1 aromatic carbocycles. The summed E-state index contributed by atoms with van der Waals surface area (Å²) < 4.78 is 0. The molecule has 0 unspecified atom stereocenters. The van der Waals surface area contributed by atoms with Crippen LogP contribution in [0.25, 0.3) is 0 Å². The molecule has 0 spiro atoms. The van der Waals surface area contributed by atoms with Crippen molar-refractivity contribution in [2.45, 2.75) is 41.5 Å². The van der Waals surface area contributed by atoms with Gasteiger partial charge in [0.15, 0.2) is 0 Å². The van der Waals surface area contributed by atoms with Crippen molar-refractivity contribution in [2.24, 2.45) is 0 Å². The van der Waals surface area contributed by atoms with E-state index in [9.17, 15) is 4.79 Å². The summed E-state index contributed by atoms with van der Waals surface area (Å²) in [4.78, 5) is 10.4. The van der Waals surface area contributed by atoms with Gasteiger partial charge in [-0.15, -0.1) is 6.07 Å². The molecule has 2 nitrogen and oxygen atoms in total. The van der Waals surface area contributed by atoms with Gasteiger partial charge in [0.1, 0.15) is 0 Å². The molecule has 1 amide bonds. The molecule has 0 aliphatic heterocycles. The number of nitrogens with one attached hydrogen (secondary N) is 1. The minimum absolute atomic E-state index is 0. The number of carbonyl (C=O) groups is 1. The monoisotopic (exact) mass is 287 g/mol. The maximum absolute atomic E-state index is 10.4. The molecule has 0 aliphatic rings. The van der Waals surface area contributed by atoms with Gasteiger partial charge in [0.25, 0.3) is 0 Å². The molecular formula is C16H25CaNO-2. The molecule has 104 valence electrons. The number of para-hydroxylation sites is 1. The Kier molecular flexibility index (Phi) is 20.0. The number of hydrogen-bond donors (Lipinski definition) is 1. The molecule has 0 bridgehead atoms. The summed E-state index contributed by atoms with van der Waals surface area (Å²) in [6, 6.07) is 9.96. The van der Waals surface area contributed by atoms with Crippen molar-refractivity contribution < 1.29 is 4.79 Å². The van der Waals surface area contributed by atoms with Crippen molar-refractivity contribution in [3.05, 3.63) is 49.1 Å². The van der Waals surface area contributed by atoms with Gasteiger partial charge in [-0.25, -0.2) is 0 Å². The Balaban J connectivity index is -0.000000242. The molecule has 0 fully saturated rings. The second-order valence-electron chi connectivity index (χ2n) is 4.82. The summed E-state index contributed by atoms with van der Waals surface area (Å²) in [6.45, 7) is 15.7. The summed E-state index contributed by atoms with van der Waals surface area (Å²) in [7, 11) is 0. The molecular weight excluding hydrogens is 262 g/mol. The van der Waals surface area contributed by atoms with Crippen molar-refractivity contribution in [1.82, 2.24) is 0 Å². The summed E-state index contributed by atoms with van der Waals surface area (Å²) in [6.07, 6.45) is 0. The van der Waals surface area contributed by atoms with Crippen molar-refractivity contribution in [2.75, 3.05) is 5.32 Å². The summed E-state index contributed by atoms with van der Waals surface area (Å²) in [5, 5.41) is 2.50. The van der Waals surface area contributed by atoms with Gasteiger partial charge >= 0.3 is 37.7 Å². The molecule has 0 heterocycles. The zero-order valence-electron chi connectivity index (χ0n) is 13.1. The van der Waals surface area contributed by atoms with E-state index in [1.807, 2.05) is 12.1 Å². The fraction of sp³-hybridized carbons (Fsp3) is 0.375. The fourth-order valence-electron chi connectivity index (χ4n) is 0.621. The standard InChI is InChI=1S/C8H7NO.2C4H9.Ca/c1-7(10)9-8-5-3-2-4-6-8;2*1-4(2)3;/h2-5H,1H2,(H,9,10);2*1-3H3;/q-2;2*-1;+2. The van der Waals surface area contributed by atoms with Crippen LogP contribution in [0.5, 0.6) is 0 Å². The smallest absolute Gasteiger partial charge is 0.375 e. The van der Waals surface area contributed by atoms with Crippen LogP contribution in [-0.2, 0) is 4.79 Å². The largest absolute Gasteiger partial charge is 2.00 e. The van der Waals surface area contributed by atoms with Crippen LogP contribution in [-0.4, -0.2) is 43.6 Å². The van der Waals surface area contributed by atoms with Crippen LogP contribution in [0.1, 0.15) is 41.5 Å². The second kappa shape index (κ2) is 15.9. The maximum atomic E-state index is 10.4. The van der Waals surface area contributed by atoms with Gasteiger partial charge < -0.3 is 28.9 Å². The Morgan fingerprint density at radius 3 is 1.79 bits per heavy atom. The van der Waals surface area contributed by atoms with Crippen LogP contribution in [0, 0.1) is 24.8 Å². The average Bonchev–Trinajstić information content (AvgIpc) is 2.16. The van der Waals surface area contributed by atoms with Crippen molar-refractivity contribution >= 4 is 49.3 Å². The third-order valence-corrected chi connectivity index (χ3v) is 0.983. The third kappa shape index (κ3) is 31.9. The first kappa shape index (κ1) is 23.9. The summed E-state index contributed by atoms with van der Waals surface area (Å²) in [5.41, 5.74) is 0.655. The molecule has 1 N–H and O–H groups in total. The number of hydrogen-bond acceptors (Lipinski definition) is 1. The van der Waals surface area contributed by atoms with E-state index in [0.717, 1.165) is 0 Å². The first-order chi connectivity index (χ1) is 8.25. The maximum Gasteiger partial charge on any atom is 2.00 e. The van der Waals surface area contributed by atoms with E-state index in [-0.39, 0.29) is 43.6 Å². The van der Waals surface area contributed by atoms with E-state index in [0.29, 0.717) is 5.69 Å². The van der Waals surface area contributed by atoms with Crippen molar-refractivity contribution in [3.8, 4) is 0 Å². The average molecular weight is 287 g/mol. The summed E-state index contributed by atoms with van der Waals surface area (Å²) >= 11 is 0. The second-order valence-corrected chi connectivity index (χ2v) is 4.82. The van der Waals surface area contributed by atoms with E-state index in [1.54, 1.807) is 12.1 Å². The Hall–Kier alpha value is -0.180. The third-order valence-electron chi connectivity index (χ3n) is 0.983. The topological polar surface area (TPSA) is 29.1 Å². The Morgan fingerprint density at radius 2 is 1.53 bits per heavy atom. The van der Waals surface area contributed by atoms with Gasteiger partial charge in [0.05, 0.1) is 5.91 Å². The van der Waals surface area contributed by atoms with E-state index in [2.05, 4.69) is 59.8 Å². The molecule has 0 radical (unpaired) electrons. The van der Waals surface area contributed by atoms with E-state index in [4.69, 9.17) is 0 Å². The number of carbonyl (C=O) groups excluding carboxylic acids is 1. The molecule has 0 atom stereocenters. The Morgan fingerprint density at radius 1 is 1.11 bits per heavy atom. The molecule has 19 heavy (non-hydrogen) atoms. The van der Waals surface area contributed by atoms with Gasteiger partial charge in [-0.3, -0.25) is 0 Å². The van der Waals surface area contributed by atoms with Gasteiger partial charge in [0.2, 0.25) is 0 Å². The number of rotatable bonds is 1. The van der Waals surface area contributed by atoms with Gasteiger partial charge in [-0.05, 0) is 0 Å².